The Kier molecular flexibility index (Phi) is 3.67. The molecule has 3 rings (SSSR count). The normalized spacial score (nSPS) is 30.9. The van der Waals surface area contributed by atoms with Gasteiger partial charge in [-0.2, -0.15) is 4.31 Å². The van der Waals surface area contributed by atoms with Gasteiger partial charge >= 0.3 is 0 Å². The zero-order valence-electron chi connectivity index (χ0n) is 11.4. The summed E-state index contributed by atoms with van der Waals surface area (Å²) in [6.07, 6.45) is 5.13. The molecular weight excluding hydrogens is 272 g/mol. The molecule has 1 aromatic carbocycles. The maximum absolute atomic E-state index is 12.5. The Morgan fingerprint density at radius 3 is 2.30 bits per heavy atom. The lowest BCUT2D eigenvalue weighted by Gasteiger charge is -2.35. The molecule has 0 saturated carbocycles. The average Bonchev–Trinajstić information content (AvgIpc) is 2.72. The van der Waals surface area contributed by atoms with Crippen LogP contribution in [0, 0.1) is 0 Å². The molecule has 108 valence electrons. The molecule has 2 bridgehead atoms. The summed E-state index contributed by atoms with van der Waals surface area (Å²) in [5.41, 5.74) is 6.89. The third-order valence-corrected chi connectivity index (χ3v) is 5.89. The van der Waals surface area contributed by atoms with Gasteiger partial charge in [-0.15, -0.1) is 0 Å². The Labute approximate surface area is 120 Å². The standard InChI is InChI=1S/C15H20N2O2S/c16-13-10-14-6-7-15(11-13)17(14)20(18,19)9-8-12-4-2-1-3-5-12/h1-5,8-9,13-15H,6-7,10-11,16H2. The molecule has 2 heterocycles. The molecule has 2 aliphatic heterocycles. The van der Waals surface area contributed by atoms with Gasteiger partial charge in [-0.3, -0.25) is 0 Å². The fourth-order valence-corrected chi connectivity index (χ4v) is 5.07. The molecule has 20 heavy (non-hydrogen) atoms. The molecule has 0 aliphatic carbocycles. The number of piperidine rings is 1. The summed E-state index contributed by atoms with van der Waals surface area (Å²) in [5.74, 6) is 0. The smallest absolute Gasteiger partial charge is 0.236 e. The third-order valence-electron chi connectivity index (χ3n) is 4.23. The van der Waals surface area contributed by atoms with E-state index in [2.05, 4.69) is 0 Å². The van der Waals surface area contributed by atoms with Gasteiger partial charge in [-0.1, -0.05) is 30.3 Å². The first-order valence-electron chi connectivity index (χ1n) is 7.08. The van der Waals surface area contributed by atoms with Crippen molar-refractivity contribution in [2.75, 3.05) is 0 Å². The molecule has 0 aromatic heterocycles. The second-order valence-electron chi connectivity index (χ2n) is 5.70. The summed E-state index contributed by atoms with van der Waals surface area (Å²) in [6, 6.07) is 9.84. The fraction of sp³-hybridized carbons (Fsp3) is 0.467. The lowest BCUT2D eigenvalue weighted by atomic mass is 10.0. The summed E-state index contributed by atoms with van der Waals surface area (Å²) in [5, 5.41) is 1.34. The fourth-order valence-electron chi connectivity index (χ4n) is 3.39. The van der Waals surface area contributed by atoms with E-state index in [1.165, 1.54) is 5.41 Å². The van der Waals surface area contributed by atoms with E-state index < -0.39 is 10.0 Å². The van der Waals surface area contributed by atoms with Gasteiger partial charge in [0, 0.05) is 23.5 Å². The van der Waals surface area contributed by atoms with E-state index in [1.54, 1.807) is 10.4 Å². The highest BCUT2D eigenvalue weighted by atomic mass is 32.2. The predicted octanol–water partition coefficient (Wildman–Crippen LogP) is 1.94. The zero-order chi connectivity index (χ0) is 14.2. The van der Waals surface area contributed by atoms with Crippen molar-refractivity contribution >= 4 is 16.1 Å². The zero-order valence-corrected chi connectivity index (χ0v) is 12.2. The average molecular weight is 292 g/mol. The number of hydrogen-bond donors (Lipinski definition) is 1. The number of nitrogens with zero attached hydrogens (tertiary/aromatic N) is 1. The summed E-state index contributed by atoms with van der Waals surface area (Å²) >= 11 is 0. The van der Waals surface area contributed by atoms with Gasteiger partial charge in [0.2, 0.25) is 10.0 Å². The Hall–Kier alpha value is -1.17. The van der Waals surface area contributed by atoms with Crippen LogP contribution in [0.15, 0.2) is 35.7 Å². The molecule has 0 spiro atoms. The molecule has 2 unspecified atom stereocenters. The Bertz CT molecular complexity index is 584. The number of rotatable bonds is 3. The first-order chi connectivity index (χ1) is 9.56. The lowest BCUT2D eigenvalue weighted by molar-refractivity contribution is 0.229. The third kappa shape index (κ3) is 2.66. The largest absolute Gasteiger partial charge is 0.328 e. The van der Waals surface area contributed by atoms with Gasteiger partial charge in [-0.25, -0.2) is 8.42 Å². The minimum absolute atomic E-state index is 0.0918. The molecule has 0 radical (unpaired) electrons. The molecule has 4 nitrogen and oxygen atoms in total. The van der Waals surface area contributed by atoms with E-state index in [-0.39, 0.29) is 18.1 Å². The predicted molar refractivity (Wildman–Crippen MR) is 80.3 cm³/mol. The van der Waals surface area contributed by atoms with Crippen molar-refractivity contribution in [3.8, 4) is 0 Å². The number of nitrogens with two attached hydrogens (primary N) is 1. The van der Waals surface area contributed by atoms with Crippen molar-refractivity contribution in [3.05, 3.63) is 41.3 Å². The first-order valence-corrected chi connectivity index (χ1v) is 8.59. The Morgan fingerprint density at radius 1 is 1.10 bits per heavy atom. The van der Waals surface area contributed by atoms with E-state index in [9.17, 15) is 8.42 Å². The van der Waals surface area contributed by atoms with Gasteiger partial charge in [0.25, 0.3) is 0 Å². The van der Waals surface area contributed by atoms with Crippen LogP contribution in [0.5, 0.6) is 0 Å². The van der Waals surface area contributed by atoms with Gasteiger partial charge in [0.15, 0.2) is 0 Å². The number of benzene rings is 1. The van der Waals surface area contributed by atoms with Crippen LogP contribution in [0.3, 0.4) is 0 Å². The van der Waals surface area contributed by atoms with Gasteiger partial charge < -0.3 is 5.73 Å². The highest BCUT2D eigenvalue weighted by Crippen LogP contribution is 2.37. The maximum Gasteiger partial charge on any atom is 0.236 e. The monoisotopic (exact) mass is 292 g/mol. The molecule has 2 aliphatic rings. The number of fused-ring (bicyclic) bond motifs is 2. The van der Waals surface area contributed by atoms with Crippen LogP contribution in [0.1, 0.15) is 31.2 Å². The summed E-state index contributed by atoms with van der Waals surface area (Å²) in [4.78, 5) is 0. The van der Waals surface area contributed by atoms with E-state index >= 15 is 0 Å². The van der Waals surface area contributed by atoms with Crippen LogP contribution >= 0.6 is 0 Å². The van der Waals surface area contributed by atoms with E-state index in [0.29, 0.717) is 0 Å². The van der Waals surface area contributed by atoms with Crippen molar-refractivity contribution in [3.63, 3.8) is 0 Å². The van der Waals surface area contributed by atoms with E-state index in [1.807, 2.05) is 30.3 Å². The van der Waals surface area contributed by atoms with Crippen molar-refractivity contribution < 1.29 is 8.42 Å². The molecule has 2 atom stereocenters. The summed E-state index contributed by atoms with van der Waals surface area (Å²) in [6.45, 7) is 0. The van der Waals surface area contributed by atoms with Gasteiger partial charge in [0.1, 0.15) is 0 Å². The van der Waals surface area contributed by atoms with Crippen LogP contribution < -0.4 is 5.73 Å². The van der Waals surface area contributed by atoms with E-state index in [0.717, 1.165) is 31.2 Å². The maximum atomic E-state index is 12.5. The number of hydrogen-bond acceptors (Lipinski definition) is 3. The van der Waals surface area contributed by atoms with Crippen molar-refractivity contribution in [1.29, 1.82) is 0 Å². The SMILES string of the molecule is NC1CC2CCC(C1)N2S(=O)(=O)C=Cc1ccccc1. The van der Waals surface area contributed by atoms with Crippen molar-refractivity contribution in [2.24, 2.45) is 5.73 Å². The van der Waals surface area contributed by atoms with E-state index in [4.69, 9.17) is 5.73 Å². The van der Waals surface area contributed by atoms with Crippen molar-refractivity contribution in [1.82, 2.24) is 4.31 Å². The summed E-state index contributed by atoms with van der Waals surface area (Å²) < 4.78 is 26.7. The summed E-state index contributed by atoms with van der Waals surface area (Å²) in [7, 11) is -3.34. The molecular formula is C15H20N2O2S. The molecule has 0 amide bonds. The Balaban J connectivity index is 1.81. The van der Waals surface area contributed by atoms with Crippen LogP contribution in [0.4, 0.5) is 0 Å². The minimum atomic E-state index is -3.34. The highest BCUT2D eigenvalue weighted by Gasteiger charge is 2.44. The van der Waals surface area contributed by atoms with Crippen LogP contribution in [0.25, 0.3) is 6.08 Å². The van der Waals surface area contributed by atoms with Gasteiger partial charge in [0.05, 0.1) is 0 Å². The van der Waals surface area contributed by atoms with Crippen LogP contribution in [-0.2, 0) is 10.0 Å². The van der Waals surface area contributed by atoms with Gasteiger partial charge in [-0.05, 0) is 37.3 Å². The molecule has 2 N–H and O–H groups in total. The molecule has 1 aromatic rings. The second kappa shape index (κ2) is 5.31. The number of sulfonamides is 1. The lowest BCUT2D eigenvalue weighted by Crippen LogP contribution is -2.49. The topological polar surface area (TPSA) is 63.4 Å². The minimum Gasteiger partial charge on any atom is -0.328 e. The molecule has 5 heteroatoms. The molecule has 2 saturated heterocycles. The first kappa shape index (κ1) is 13.8. The Morgan fingerprint density at radius 2 is 1.70 bits per heavy atom. The van der Waals surface area contributed by atoms with Crippen LogP contribution in [0.2, 0.25) is 0 Å². The molecule has 2 fully saturated rings. The second-order valence-corrected chi connectivity index (χ2v) is 7.43. The van der Waals surface area contributed by atoms with Crippen molar-refractivity contribution in [2.45, 2.75) is 43.8 Å². The highest BCUT2D eigenvalue weighted by molar-refractivity contribution is 7.92. The van der Waals surface area contributed by atoms with Crippen LogP contribution in [-0.4, -0.2) is 30.8 Å². The quantitative estimate of drug-likeness (QED) is 0.926.